The summed E-state index contributed by atoms with van der Waals surface area (Å²) in [5, 5.41) is 0. The molecule has 2 atom stereocenters. The zero-order valence-electron chi connectivity index (χ0n) is 38.5. The van der Waals surface area contributed by atoms with Crippen LogP contribution in [0.15, 0.2) is 24.3 Å². The number of esters is 2. The summed E-state index contributed by atoms with van der Waals surface area (Å²) in [6.07, 6.45) is 51.6. The molecule has 348 valence electrons. The van der Waals surface area contributed by atoms with E-state index in [2.05, 4.69) is 38.2 Å². The summed E-state index contributed by atoms with van der Waals surface area (Å²) in [4.78, 5) is 34.6. The van der Waals surface area contributed by atoms with Crippen molar-refractivity contribution < 1.29 is 37.6 Å². The maximum absolute atomic E-state index is 12.5. The third-order valence-electron chi connectivity index (χ3n) is 10.8. The number of rotatable bonds is 47. The van der Waals surface area contributed by atoms with E-state index >= 15 is 0 Å². The van der Waals surface area contributed by atoms with E-state index in [4.69, 9.17) is 24.3 Å². The fourth-order valence-corrected chi connectivity index (χ4v) is 7.90. The van der Waals surface area contributed by atoms with Crippen molar-refractivity contribution in [1.82, 2.24) is 0 Å². The molecule has 0 radical (unpaired) electrons. The largest absolute Gasteiger partial charge is 0.472 e. The van der Waals surface area contributed by atoms with Crippen molar-refractivity contribution in [3.8, 4) is 0 Å². The molecule has 0 saturated carbocycles. The van der Waals surface area contributed by atoms with Crippen LogP contribution < -0.4 is 5.73 Å². The molecule has 0 amide bonds. The van der Waals surface area contributed by atoms with Crippen LogP contribution in [0.2, 0.25) is 0 Å². The van der Waals surface area contributed by atoms with Crippen LogP contribution in [0.3, 0.4) is 0 Å². The Balaban J connectivity index is 3.69. The van der Waals surface area contributed by atoms with Crippen molar-refractivity contribution >= 4 is 19.8 Å². The van der Waals surface area contributed by atoms with Crippen LogP contribution in [0.5, 0.6) is 0 Å². The Hall–Kier alpha value is -1.51. The van der Waals surface area contributed by atoms with Gasteiger partial charge in [0, 0.05) is 19.4 Å². The predicted octanol–water partition coefficient (Wildman–Crippen LogP) is 14.7. The molecule has 0 heterocycles. The van der Waals surface area contributed by atoms with Gasteiger partial charge in [-0.15, -0.1) is 0 Å². The van der Waals surface area contributed by atoms with Gasteiger partial charge in [0.2, 0.25) is 0 Å². The van der Waals surface area contributed by atoms with E-state index < -0.39 is 32.5 Å². The molecule has 0 aliphatic heterocycles. The lowest BCUT2D eigenvalue weighted by atomic mass is 10.0. The average Bonchev–Trinajstić information content (AvgIpc) is 3.22. The van der Waals surface area contributed by atoms with E-state index in [9.17, 15) is 19.0 Å². The number of phosphoric ester groups is 1. The second-order valence-electron chi connectivity index (χ2n) is 16.7. The van der Waals surface area contributed by atoms with E-state index in [1.54, 1.807) is 0 Å². The number of carbonyl (C=O) groups excluding carboxylic acids is 2. The molecule has 0 spiro atoms. The molecule has 0 bridgehead atoms. The van der Waals surface area contributed by atoms with Crippen molar-refractivity contribution in [2.45, 2.75) is 251 Å². The lowest BCUT2D eigenvalue weighted by molar-refractivity contribution is -0.161. The molecule has 2 unspecified atom stereocenters. The molecule has 0 aliphatic rings. The zero-order chi connectivity index (χ0) is 43.2. The summed E-state index contributed by atoms with van der Waals surface area (Å²) in [5.74, 6) is -0.832. The van der Waals surface area contributed by atoms with Gasteiger partial charge in [-0.05, 0) is 44.9 Å². The maximum Gasteiger partial charge on any atom is 0.472 e. The Morgan fingerprint density at radius 3 is 1.29 bits per heavy atom. The van der Waals surface area contributed by atoms with Crippen LogP contribution >= 0.6 is 7.82 Å². The molecule has 59 heavy (non-hydrogen) atoms. The molecule has 0 rings (SSSR count). The van der Waals surface area contributed by atoms with Crippen molar-refractivity contribution in [3.05, 3.63) is 24.3 Å². The highest BCUT2D eigenvalue weighted by Gasteiger charge is 2.26. The van der Waals surface area contributed by atoms with Gasteiger partial charge in [0.05, 0.1) is 13.2 Å². The van der Waals surface area contributed by atoms with Crippen LogP contribution in [0.25, 0.3) is 0 Å². The van der Waals surface area contributed by atoms with Gasteiger partial charge >= 0.3 is 19.8 Å². The molecule has 0 aromatic carbocycles. The first-order valence-corrected chi connectivity index (χ1v) is 26.3. The van der Waals surface area contributed by atoms with Crippen LogP contribution in [-0.2, 0) is 32.7 Å². The number of carbonyl (C=O) groups is 2. The van der Waals surface area contributed by atoms with Gasteiger partial charge in [-0.1, -0.05) is 212 Å². The lowest BCUT2D eigenvalue weighted by Crippen LogP contribution is -2.29. The smallest absolute Gasteiger partial charge is 0.462 e. The standard InChI is InChI=1S/C49H94NO8P/c1-3-5-7-9-10-11-12-13-14-15-16-17-18-19-20-21-22-23-24-25-26-27-28-29-30-31-32-33-34-35-36-38-40-42-49(52)58-47(46-57-59(53,54)56-44-43-50)45-55-48(51)41-39-37-8-6-4-2/h12-13,15-16,47H,3-11,14,17-46,50H2,1-2H3,(H,53,54)/b13-12-,16-15-. The van der Waals surface area contributed by atoms with Crippen LogP contribution in [0, 0.1) is 0 Å². The minimum absolute atomic E-state index is 0.0558. The molecule has 10 heteroatoms. The van der Waals surface area contributed by atoms with E-state index in [1.165, 1.54) is 161 Å². The molecule has 0 saturated heterocycles. The number of ether oxygens (including phenoxy) is 2. The minimum Gasteiger partial charge on any atom is -0.462 e. The SMILES string of the molecule is CCCCCCC/C=C\C/C=C\CCCCCCCCCCCCCCCCCCCCCCCC(=O)OC(COC(=O)CCCCCCC)COP(=O)(O)OCCN. The predicted molar refractivity (Wildman–Crippen MR) is 247 cm³/mol. The van der Waals surface area contributed by atoms with Crippen molar-refractivity contribution in [1.29, 1.82) is 0 Å². The normalized spacial score (nSPS) is 13.4. The quantitative estimate of drug-likeness (QED) is 0.0265. The summed E-state index contributed by atoms with van der Waals surface area (Å²) in [6.45, 7) is 3.65. The minimum atomic E-state index is -4.36. The van der Waals surface area contributed by atoms with Crippen molar-refractivity contribution in [2.75, 3.05) is 26.4 Å². The number of hydrogen-bond acceptors (Lipinski definition) is 8. The van der Waals surface area contributed by atoms with Gasteiger partial charge < -0.3 is 20.1 Å². The molecular weight excluding hydrogens is 762 g/mol. The highest BCUT2D eigenvalue weighted by atomic mass is 31.2. The van der Waals surface area contributed by atoms with Crippen LogP contribution in [-0.4, -0.2) is 49.3 Å². The highest BCUT2D eigenvalue weighted by Crippen LogP contribution is 2.43. The van der Waals surface area contributed by atoms with Gasteiger partial charge in [0.15, 0.2) is 6.10 Å². The first-order chi connectivity index (χ1) is 28.8. The fourth-order valence-electron chi connectivity index (χ4n) is 7.14. The Labute approximate surface area is 363 Å². The third-order valence-corrected chi connectivity index (χ3v) is 11.8. The topological polar surface area (TPSA) is 134 Å². The second-order valence-corrected chi connectivity index (χ2v) is 18.1. The van der Waals surface area contributed by atoms with E-state index in [0.717, 1.165) is 51.4 Å². The monoisotopic (exact) mass is 856 g/mol. The Morgan fingerprint density at radius 2 is 0.881 bits per heavy atom. The Kier molecular flexibility index (Phi) is 44.8. The molecule has 3 N–H and O–H groups in total. The maximum atomic E-state index is 12.5. The number of nitrogens with two attached hydrogens (primary N) is 1. The third kappa shape index (κ3) is 45.8. The Morgan fingerprint density at radius 1 is 0.508 bits per heavy atom. The molecule has 0 aliphatic carbocycles. The van der Waals surface area contributed by atoms with Gasteiger partial charge in [-0.2, -0.15) is 0 Å². The number of hydrogen-bond donors (Lipinski definition) is 2. The lowest BCUT2D eigenvalue weighted by Gasteiger charge is -2.19. The zero-order valence-corrected chi connectivity index (χ0v) is 39.4. The molecular formula is C49H94NO8P. The van der Waals surface area contributed by atoms with Crippen molar-refractivity contribution in [3.63, 3.8) is 0 Å². The van der Waals surface area contributed by atoms with Gasteiger partial charge in [-0.25, -0.2) is 4.57 Å². The molecule has 0 aromatic heterocycles. The molecule has 0 aromatic rings. The second kappa shape index (κ2) is 46.0. The van der Waals surface area contributed by atoms with Crippen molar-refractivity contribution in [2.24, 2.45) is 5.73 Å². The summed E-state index contributed by atoms with van der Waals surface area (Å²) in [5.41, 5.74) is 5.33. The summed E-state index contributed by atoms with van der Waals surface area (Å²) in [7, 11) is -4.36. The number of allylic oxidation sites excluding steroid dienone is 4. The number of phosphoric acid groups is 1. The highest BCUT2D eigenvalue weighted by molar-refractivity contribution is 7.47. The van der Waals surface area contributed by atoms with Gasteiger partial charge in [0.1, 0.15) is 6.61 Å². The van der Waals surface area contributed by atoms with Crippen LogP contribution in [0.4, 0.5) is 0 Å². The summed E-state index contributed by atoms with van der Waals surface area (Å²) >= 11 is 0. The Bertz CT molecular complexity index is 1020. The summed E-state index contributed by atoms with van der Waals surface area (Å²) in [6, 6.07) is 0. The van der Waals surface area contributed by atoms with Gasteiger partial charge in [0.25, 0.3) is 0 Å². The first-order valence-electron chi connectivity index (χ1n) is 24.8. The van der Waals surface area contributed by atoms with E-state index in [-0.39, 0.29) is 32.6 Å². The average molecular weight is 856 g/mol. The first kappa shape index (κ1) is 57.5. The molecule has 0 fully saturated rings. The van der Waals surface area contributed by atoms with E-state index in [0.29, 0.717) is 6.42 Å². The number of unbranched alkanes of at least 4 members (excludes halogenated alkanes) is 30. The fraction of sp³-hybridized carbons (Fsp3) is 0.878. The van der Waals surface area contributed by atoms with Crippen LogP contribution in [0.1, 0.15) is 245 Å². The van der Waals surface area contributed by atoms with E-state index in [1.807, 2.05) is 0 Å². The summed E-state index contributed by atoms with van der Waals surface area (Å²) < 4.78 is 32.6. The van der Waals surface area contributed by atoms with Gasteiger partial charge in [-0.3, -0.25) is 18.6 Å². The molecule has 9 nitrogen and oxygen atoms in total.